The monoisotopic (exact) mass is 625 g/mol. The fourth-order valence-electron chi connectivity index (χ4n) is 5.08. The van der Waals surface area contributed by atoms with Gasteiger partial charge >= 0.3 is 0 Å². The number of carbonyl (C=O) groups is 1. The van der Waals surface area contributed by atoms with E-state index in [1.54, 1.807) is 12.3 Å². The lowest BCUT2D eigenvalue weighted by atomic mass is 10.1. The molecule has 0 saturated carbocycles. The lowest BCUT2D eigenvalue weighted by Gasteiger charge is -2.09. The molecule has 1 N–H and O–H groups in total. The Morgan fingerprint density at radius 2 is 1.84 bits per heavy atom. The summed E-state index contributed by atoms with van der Waals surface area (Å²) >= 11 is 6.08. The molecule has 1 aliphatic carbocycles. The molecular formula is C36H40ClN5O3. The van der Waals surface area contributed by atoms with Gasteiger partial charge in [-0.25, -0.2) is 0 Å². The first-order valence-corrected chi connectivity index (χ1v) is 16.1. The van der Waals surface area contributed by atoms with Crippen molar-refractivity contribution in [2.75, 3.05) is 25.1 Å². The van der Waals surface area contributed by atoms with Gasteiger partial charge in [0.2, 0.25) is 0 Å². The van der Waals surface area contributed by atoms with Crippen LogP contribution in [0, 0.1) is 0 Å². The molecule has 2 aromatic heterocycles. The summed E-state index contributed by atoms with van der Waals surface area (Å²) < 4.78 is 13.6. The second-order valence-corrected chi connectivity index (χ2v) is 11.4. The van der Waals surface area contributed by atoms with Crippen molar-refractivity contribution < 1.29 is 14.3 Å². The number of ether oxygens (including phenoxy) is 2. The molecular weight excluding hydrogens is 586 g/mol. The van der Waals surface area contributed by atoms with Crippen LogP contribution in [0.1, 0.15) is 61.0 Å². The minimum atomic E-state index is 0.00328. The predicted octanol–water partition coefficient (Wildman–Crippen LogP) is 8.15. The minimum Gasteiger partial charge on any atom is -0.494 e. The molecule has 0 unspecified atom stereocenters. The molecule has 8 nitrogen and oxygen atoms in total. The minimum absolute atomic E-state index is 0.00328. The van der Waals surface area contributed by atoms with Gasteiger partial charge in [0, 0.05) is 40.9 Å². The van der Waals surface area contributed by atoms with Gasteiger partial charge in [0.25, 0.3) is 0 Å². The average molecular weight is 626 g/mol. The van der Waals surface area contributed by atoms with Crippen molar-refractivity contribution in [3.8, 4) is 5.75 Å². The normalized spacial score (nSPS) is 12.7. The van der Waals surface area contributed by atoms with E-state index in [-0.39, 0.29) is 5.78 Å². The van der Waals surface area contributed by atoms with Crippen molar-refractivity contribution in [3.05, 3.63) is 113 Å². The average Bonchev–Trinajstić information content (AvgIpc) is 3.75. The molecule has 0 saturated heterocycles. The topological polar surface area (TPSA) is 91.2 Å². The second kappa shape index (κ2) is 17.3. The number of ketones is 1. The number of pyridine rings is 1. The van der Waals surface area contributed by atoms with Gasteiger partial charge in [-0.15, -0.1) is 5.10 Å². The highest BCUT2D eigenvalue weighted by atomic mass is 35.5. The van der Waals surface area contributed by atoms with Crippen molar-refractivity contribution in [3.63, 3.8) is 0 Å². The second-order valence-electron chi connectivity index (χ2n) is 11.0. The summed E-state index contributed by atoms with van der Waals surface area (Å²) in [7, 11) is 0. The third kappa shape index (κ3) is 10.4. The number of fused-ring (bicyclic) bond motifs is 1. The first-order valence-electron chi connectivity index (χ1n) is 15.7. The quantitative estimate of drug-likeness (QED) is 0.0638. The summed E-state index contributed by atoms with van der Waals surface area (Å²) in [6, 6.07) is 15.1. The zero-order valence-corrected chi connectivity index (χ0v) is 26.3. The van der Waals surface area contributed by atoms with E-state index in [2.05, 4.69) is 32.8 Å². The Hall–Kier alpha value is -4.27. The number of aromatic nitrogens is 4. The van der Waals surface area contributed by atoms with Crippen LogP contribution in [-0.4, -0.2) is 45.5 Å². The van der Waals surface area contributed by atoms with Crippen molar-refractivity contribution in [1.29, 1.82) is 0 Å². The highest BCUT2D eigenvalue weighted by molar-refractivity contribution is 6.31. The summed E-state index contributed by atoms with van der Waals surface area (Å²) in [5, 5.41) is 13.6. The van der Waals surface area contributed by atoms with Crippen LogP contribution in [0.5, 0.6) is 5.75 Å². The molecule has 234 valence electrons. The van der Waals surface area contributed by atoms with Gasteiger partial charge in [-0.3, -0.25) is 14.5 Å². The number of allylic oxidation sites excluding steroid dienone is 6. The van der Waals surface area contributed by atoms with Crippen LogP contribution in [0.15, 0.2) is 96.9 Å². The summed E-state index contributed by atoms with van der Waals surface area (Å²) in [6.07, 6.45) is 21.1. The van der Waals surface area contributed by atoms with E-state index < -0.39 is 0 Å². The highest BCUT2D eigenvalue weighted by Crippen LogP contribution is 2.24. The molecule has 45 heavy (non-hydrogen) atoms. The molecule has 4 aromatic rings. The molecule has 9 heteroatoms. The summed E-state index contributed by atoms with van der Waals surface area (Å²) in [4.78, 5) is 16.7. The van der Waals surface area contributed by atoms with Crippen LogP contribution in [0.4, 0.5) is 5.69 Å². The third-order valence-corrected chi connectivity index (χ3v) is 7.75. The van der Waals surface area contributed by atoms with Crippen LogP contribution in [0.3, 0.4) is 0 Å². The number of hydrogen-bond donors (Lipinski definition) is 1. The molecule has 0 radical (unpaired) electrons. The van der Waals surface area contributed by atoms with Crippen molar-refractivity contribution in [2.45, 2.75) is 58.1 Å². The Morgan fingerprint density at radius 3 is 2.69 bits per heavy atom. The lowest BCUT2D eigenvalue weighted by Crippen LogP contribution is -2.10. The zero-order valence-electron chi connectivity index (χ0n) is 25.5. The van der Waals surface area contributed by atoms with Crippen LogP contribution < -0.4 is 10.1 Å². The first-order chi connectivity index (χ1) is 22.1. The summed E-state index contributed by atoms with van der Waals surface area (Å²) in [5.74, 6) is 0.805. The number of hydrogen-bond acceptors (Lipinski definition) is 7. The number of aryl methyl sites for hydroxylation is 1. The number of carbonyl (C=O) groups excluding carboxylic acids is 1. The van der Waals surface area contributed by atoms with Crippen molar-refractivity contribution in [1.82, 2.24) is 20.0 Å². The number of halogens is 1. The van der Waals surface area contributed by atoms with Crippen LogP contribution in [0.25, 0.3) is 10.9 Å². The van der Waals surface area contributed by atoms with Crippen molar-refractivity contribution in [2.24, 2.45) is 0 Å². The number of benzene rings is 2. The number of nitrogens with one attached hydrogen (secondary N) is 1. The van der Waals surface area contributed by atoms with E-state index in [4.69, 9.17) is 21.1 Å². The van der Waals surface area contributed by atoms with Gasteiger partial charge in [-0.2, -0.15) is 0 Å². The Kier molecular flexibility index (Phi) is 12.3. The Labute approximate surface area is 269 Å². The van der Waals surface area contributed by atoms with Crippen LogP contribution in [-0.2, 0) is 17.9 Å². The van der Waals surface area contributed by atoms with Gasteiger partial charge in [0.05, 0.1) is 31.5 Å². The lowest BCUT2D eigenvalue weighted by molar-refractivity contribution is 0.104. The van der Waals surface area contributed by atoms with Crippen LogP contribution >= 0.6 is 11.6 Å². The maximum absolute atomic E-state index is 12.3. The SMILES string of the molecule is O=C(/C=C/C1=CCC=C1)c1ccc(OCCCCCCCCn2cc(COCCNc3ccnc4cc(Cl)ccc34)nn2)cc1. The molecule has 0 fully saturated rings. The molecule has 0 amide bonds. The molecule has 0 aliphatic heterocycles. The van der Waals surface area contributed by atoms with Gasteiger partial charge < -0.3 is 14.8 Å². The van der Waals surface area contributed by atoms with Gasteiger partial charge in [0.1, 0.15) is 11.4 Å². The molecule has 0 atom stereocenters. The predicted molar refractivity (Wildman–Crippen MR) is 180 cm³/mol. The fourth-order valence-corrected chi connectivity index (χ4v) is 5.25. The standard InChI is InChI=1S/C36H40ClN5O3/c37-30-14-17-33-34(19-20-38-35(33)25-30)39-21-24-44-27-31-26-42(41-40-31)22-7-3-1-2-4-8-23-45-32-15-12-29(13-16-32)36(43)18-11-28-9-5-6-10-28/h5,9-20,25-26H,1-4,6-8,21-24,27H2,(H,38,39)/b18-11+. The van der Waals surface area contributed by atoms with E-state index in [0.29, 0.717) is 37.0 Å². The summed E-state index contributed by atoms with van der Waals surface area (Å²) in [6.45, 7) is 3.21. The maximum Gasteiger partial charge on any atom is 0.185 e. The maximum atomic E-state index is 12.3. The van der Waals surface area contributed by atoms with Gasteiger partial charge in [-0.1, -0.05) is 66.8 Å². The molecule has 0 bridgehead atoms. The Bertz CT molecular complexity index is 1630. The Morgan fingerprint density at radius 1 is 1.00 bits per heavy atom. The van der Waals surface area contributed by atoms with E-state index >= 15 is 0 Å². The smallest absolute Gasteiger partial charge is 0.185 e. The van der Waals surface area contributed by atoms with Crippen LogP contribution in [0.2, 0.25) is 5.02 Å². The van der Waals surface area contributed by atoms with E-state index in [1.165, 1.54) is 12.8 Å². The van der Waals surface area contributed by atoms with Gasteiger partial charge in [-0.05, 0) is 79.4 Å². The van der Waals surface area contributed by atoms with Gasteiger partial charge in [0.15, 0.2) is 5.78 Å². The van der Waals surface area contributed by atoms with E-state index in [0.717, 1.165) is 72.3 Å². The molecule has 5 rings (SSSR count). The fraction of sp³-hybridized carbons (Fsp3) is 0.333. The summed E-state index contributed by atoms with van der Waals surface area (Å²) in [5.41, 5.74) is 4.46. The van der Waals surface area contributed by atoms with E-state index in [9.17, 15) is 4.79 Å². The zero-order chi connectivity index (χ0) is 31.1. The number of anilines is 1. The molecule has 2 heterocycles. The van der Waals surface area contributed by atoms with E-state index in [1.807, 2.05) is 71.6 Å². The molecule has 0 spiro atoms. The number of unbranched alkanes of at least 4 members (excludes halogenated alkanes) is 5. The van der Waals surface area contributed by atoms with Crippen molar-refractivity contribution >= 4 is 34.0 Å². The third-order valence-electron chi connectivity index (χ3n) is 7.52. The first kappa shape index (κ1) is 32.1. The Balaban J connectivity index is 0.867. The largest absolute Gasteiger partial charge is 0.494 e. The number of rotatable bonds is 19. The molecule has 1 aliphatic rings. The highest BCUT2D eigenvalue weighted by Gasteiger charge is 2.05. The molecule has 2 aromatic carbocycles. The number of nitrogens with zero attached hydrogens (tertiary/aromatic N) is 4.